The monoisotopic (exact) mass is 768 g/mol. The van der Waals surface area contributed by atoms with E-state index in [1.165, 1.54) is 11.1 Å². The van der Waals surface area contributed by atoms with Crippen LogP contribution in [0.15, 0.2) is 36.4 Å². The van der Waals surface area contributed by atoms with Crippen molar-refractivity contribution >= 4 is 33.2 Å². The maximum Gasteiger partial charge on any atom is 0.264 e. The molecule has 1 N–H and O–H groups in total. The van der Waals surface area contributed by atoms with Crippen LogP contribution in [0.25, 0.3) is 0 Å². The van der Waals surface area contributed by atoms with Crippen LogP contribution in [0.3, 0.4) is 0 Å². The molecule has 10 nitrogen and oxygen atoms in total. The summed E-state index contributed by atoms with van der Waals surface area (Å²) in [6.45, 7) is 9.22. The number of hydrogen-bond acceptors (Lipinski definition) is 9. The highest BCUT2D eigenvalue weighted by Crippen LogP contribution is 2.49. The molecule has 2 aliphatic carbocycles. The smallest absolute Gasteiger partial charge is 0.264 e. The van der Waals surface area contributed by atoms with E-state index in [2.05, 4.69) is 45.6 Å². The van der Waals surface area contributed by atoms with Crippen LogP contribution in [0.5, 0.6) is 5.75 Å². The van der Waals surface area contributed by atoms with Gasteiger partial charge in [0.2, 0.25) is 10.0 Å². The standard InChI is InChI=1S/C41H57ClN4O6S/c1-26-7-5-9-35(40-50-22-33(23-51-40)45-20-32(21-45)44(3)4)34-13-10-30(34)19-46-24-41(16-6-8-28-17-31(42)12-14-36(28)41)25-52-38-15-11-29(18-37(38)46)39(47)43-53(48,49)27(26)2/h11-12,14-15,17-18,26-27,30,32-35,40H,5-10,13,16,19-25H2,1-4H3,(H,43,47)/t26-,27+,30-,33-,34+,35-,40-,41-/m0/s1. The third-order valence-corrected chi connectivity index (χ3v) is 16.0. The summed E-state index contributed by atoms with van der Waals surface area (Å²) in [4.78, 5) is 20.8. The molecule has 1 saturated carbocycles. The zero-order valence-corrected chi connectivity index (χ0v) is 33.3. The molecule has 53 heavy (non-hydrogen) atoms. The number of likely N-dealkylation sites (tertiary alicyclic amines) is 1. The number of nitrogens with zero attached hydrogens (tertiary/aromatic N) is 3. The van der Waals surface area contributed by atoms with E-state index in [-0.39, 0.29) is 29.6 Å². The van der Waals surface area contributed by atoms with Gasteiger partial charge in [0.05, 0.1) is 36.8 Å². The molecule has 290 valence electrons. The Labute approximate surface area is 320 Å². The Kier molecular flexibility index (Phi) is 10.6. The minimum absolute atomic E-state index is 0.125. The maximum absolute atomic E-state index is 13.6. The second-order valence-corrected chi connectivity index (χ2v) is 19.8. The predicted octanol–water partition coefficient (Wildman–Crippen LogP) is 5.71. The lowest BCUT2D eigenvalue weighted by Crippen LogP contribution is -2.64. The molecule has 4 aliphatic heterocycles. The predicted molar refractivity (Wildman–Crippen MR) is 207 cm³/mol. The zero-order chi connectivity index (χ0) is 37.1. The van der Waals surface area contributed by atoms with Crippen molar-refractivity contribution in [3.63, 3.8) is 0 Å². The lowest BCUT2D eigenvalue weighted by molar-refractivity contribution is -0.248. The van der Waals surface area contributed by atoms with Gasteiger partial charge in [0.1, 0.15) is 5.75 Å². The topological polar surface area (TPSA) is 101 Å². The number of hydrogen-bond donors (Lipinski definition) is 1. The summed E-state index contributed by atoms with van der Waals surface area (Å²) in [5.41, 5.74) is 3.49. The molecule has 2 aromatic carbocycles. The summed E-state index contributed by atoms with van der Waals surface area (Å²) in [7, 11) is 0.375. The molecule has 2 bridgehead atoms. The van der Waals surface area contributed by atoms with Crippen molar-refractivity contribution < 1.29 is 27.4 Å². The molecule has 0 unspecified atom stereocenters. The first-order valence-corrected chi connectivity index (χ1v) is 21.8. The van der Waals surface area contributed by atoms with E-state index in [0.717, 1.165) is 94.0 Å². The van der Waals surface area contributed by atoms with Crippen molar-refractivity contribution in [3.8, 4) is 5.75 Å². The molecule has 6 atom stereocenters. The van der Waals surface area contributed by atoms with Gasteiger partial charge in [-0.05, 0) is 125 Å². The van der Waals surface area contributed by atoms with Crippen molar-refractivity contribution in [2.24, 2.45) is 23.7 Å². The highest BCUT2D eigenvalue weighted by molar-refractivity contribution is 7.90. The third kappa shape index (κ3) is 7.35. The number of carbonyl (C=O) groups is 1. The van der Waals surface area contributed by atoms with E-state index >= 15 is 0 Å². The number of halogens is 1. The van der Waals surface area contributed by atoms with Crippen LogP contribution in [-0.4, -0.2) is 108 Å². The lowest BCUT2D eigenvalue weighted by atomic mass is 9.64. The van der Waals surface area contributed by atoms with Gasteiger partial charge in [-0.15, -0.1) is 0 Å². The fraction of sp³-hybridized carbons (Fsp3) is 0.683. The number of rotatable bonds is 3. The molecule has 2 saturated heterocycles. The zero-order valence-electron chi connectivity index (χ0n) is 31.8. The lowest BCUT2D eigenvalue weighted by Gasteiger charge is -2.51. The molecule has 2 aromatic rings. The Balaban J connectivity index is 1.11. The second-order valence-electron chi connectivity index (χ2n) is 17.3. The van der Waals surface area contributed by atoms with Crippen molar-refractivity contribution in [1.82, 2.24) is 14.5 Å². The number of fused-ring (bicyclic) bond motifs is 4. The first-order valence-electron chi connectivity index (χ1n) is 19.9. The van der Waals surface area contributed by atoms with Gasteiger partial charge < -0.3 is 24.0 Å². The van der Waals surface area contributed by atoms with Crippen LogP contribution in [0.1, 0.15) is 80.3 Å². The summed E-state index contributed by atoms with van der Waals surface area (Å²) in [5, 5.41) is 0.0301. The molecular weight excluding hydrogens is 712 g/mol. The van der Waals surface area contributed by atoms with Crippen LogP contribution in [0.2, 0.25) is 5.02 Å². The van der Waals surface area contributed by atoms with Crippen LogP contribution in [0.4, 0.5) is 5.69 Å². The van der Waals surface area contributed by atoms with Gasteiger partial charge in [-0.2, -0.15) is 0 Å². The highest BCUT2D eigenvalue weighted by atomic mass is 35.5. The van der Waals surface area contributed by atoms with Crippen molar-refractivity contribution in [2.75, 3.05) is 65.0 Å². The highest BCUT2D eigenvalue weighted by Gasteiger charge is 2.47. The Morgan fingerprint density at radius 3 is 2.47 bits per heavy atom. The Hall–Kier alpha value is -2.41. The largest absolute Gasteiger partial charge is 0.490 e. The summed E-state index contributed by atoms with van der Waals surface area (Å²) in [6.07, 6.45) is 7.51. The number of sulfonamides is 1. The summed E-state index contributed by atoms with van der Waals surface area (Å²) < 4.78 is 49.5. The molecule has 8 rings (SSSR count). The molecule has 1 amide bonds. The molecular formula is C41H57ClN4O6S. The quantitative estimate of drug-likeness (QED) is 0.421. The first-order chi connectivity index (χ1) is 25.4. The number of nitrogens with one attached hydrogen (secondary N) is 1. The van der Waals surface area contributed by atoms with Gasteiger partial charge in [-0.3, -0.25) is 9.69 Å². The first kappa shape index (κ1) is 37.5. The van der Waals surface area contributed by atoms with Crippen molar-refractivity contribution in [1.29, 1.82) is 0 Å². The molecule has 0 radical (unpaired) electrons. The third-order valence-electron chi connectivity index (χ3n) is 13.9. The normalized spacial score (nSPS) is 35.2. The molecule has 6 aliphatic rings. The van der Waals surface area contributed by atoms with E-state index in [1.54, 1.807) is 13.0 Å². The number of carbonyl (C=O) groups excluding carboxylic acids is 1. The van der Waals surface area contributed by atoms with Crippen LogP contribution >= 0.6 is 11.6 Å². The van der Waals surface area contributed by atoms with Crippen molar-refractivity contribution in [3.05, 3.63) is 58.1 Å². The number of likely N-dealkylation sites (N-methyl/N-ethyl adjacent to an activating group) is 1. The van der Waals surface area contributed by atoms with Crippen LogP contribution < -0.4 is 14.4 Å². The van der Waals surface area contributed by atoms with Gasteiger partial charge in [-0.1, -0.05) is 31.0 Å². The average molecular weight is 769 g/mol. The number of anilines is 1. The second kappa shape index (κ2) is 14.9. The Morgan fingerprint density at radius 2 is 1.74 bits per heavy atom. The minimum Gasteiger partial charge on any atom is -0.490 e. The van der Waals surface area contributed by atoms with Gasteiger partial charge in [0, 0.05) is 54.1 Å². The Morgan fingerprint density at radius 1 is 0.943 bits per heavy atom. The molecule has 4 heterocycles. The number of ether oxygens (including phenoxy) is 3. The number of benzene rings is 2. The van der Waals surface area contributed by atoms with E-state index in [1.807, 2.05) is 25.1 Å². The van der Waals surface area contributed by atoms with E-state index in [9.17, 15) is 13.2 Å². The van der Waals surface area contributed by atoms with E-state index < -0.39 is 21.2 Å². The maximum atomic E-state index is 13.6. The number of amides is 1. The number of aryl methyl sites for hydroxylation is 1. The van der Waals surface area contributed by atoms with E-state index in [4.69, 9.17) is 25.8 Å². The average Bonchev–Trinajstić information content (AvgIpc) is 3.24. The Bertz CT molecular complexity index is 1780. The van der Waals surface area contributed by atoms with Gasteiger partial charge in [0.15, 0.2) is 6.29 Å². The summed E-state index contributed by atoms with van der Waals surface area (Å²) >= 11 is 6.50. The van der Waals surface area contributed by atoms with Crippen LogP contribution in [0, 0.1) is 23.7 Å². The van der Waals surface area contributed by atoms with Gasteiger partial charge >= 0.3 is 0 Å². The molecule has 1 spiro atoms. The fourth-order valence-electron chi connectivity index (χ4n) is 10.1. The van der Waals surface area contributed by atoms with Gasteiger partial charge in [0.25, 0.3) is 5.91 Å². The molecule has 12 heteroatoms. The fourth-order valence-corrected chi connectivity index (χ4v) is 11.6. The minimum atomic E-state index is -3.91. The van der Waals surface area contributed by atoms with Crippen molar-refractivity contribution in [2.45, 2.75) is 94.3 Å². The van der Waals surface area contributed by atoms with E-state index in [0.29, 0.717) is 43.3 Å². The molecule has 3 fully saturated rings. The SMILES string of the molecule is C[C@@H]1[C@@H](C)CCC[C@H]([C@H]2OC[C@H](N3CC(N(C)C)C3)CO2)[C@@H]2CC[C@H]2CN2C[C@@]3(CCCc4cc(Cl)ccc43)COc3ccc(cc32)C(=O)NS1(=O)=O. The van der Waals surface area contributed by atoms with Crippen LogP contribution in [-0.2, 0) is 31.3 Å². The summed E-state index contributed by atoms with van der Waals surface area (Å²) in [6, 6.07) is 12.5. The van der Waals surface area contributed by atoms with Gasteiger partial charge in [-0.25, -0.2) is 13.1 Å². The molecule has 0 aromatic heterocycles. The summed E-state index contributed by atoms with van der Waals surface area (Å²) in [5.74, 6) is 1.05.